The van der Waals surface area contributed by atoms with Crippen molar-refractivity contribution in [1.29, 1.82) is 0 Å². The number of carbonyl (C=O) groups is 1. The number of imidazole rings is 1. The lowest BCUT2D eigenvalue weighted by Gasteiger charge is -2.19. The standard InChI is InChI=1S/C21H19N3O2/c1-21(2,3)15-7-4-13(5-8-15)18-19-22-10-11-24(19)17-9-6-14(20(25)26)12-16(17)23-18/h4-12H,1-3H3,(H,25,26). The van der Waals surface area contributed by atoms with Crippen LogP contribution in [0.5, 0.6) is 0 Å². The van der Waals surface area contributed by atoms with E-state index in [1.165, 1.54) is 5.56 Å². The molecule has 0 atom stereocenters. The summed E-state index contributed by atoms with van der Waals surface area (Å²) in [6.45, 7) is 6.53. The Morgan fingerprint density at radius 2 is 1.81 bits per heavy atom. The Labute approximate surface area is 151 Å². The number of carboxylic acid groups (broad SMARTS) is 1. The van der Waals surface area contributed by atoms with Crippen LogP contribution in [0.2, 0.25) is 0 Å². The minimum atomic E-state index is -0.962. The molecule has 26 heavy (non-hydrogen) atoms. The highest BCUT2D eigenvalue weighted by molar-refractivity contribution is 5.94. The Morgan fingerprint density at radius 1 is 1.08 bits per heavy atom. The van der Waals surface area contributed by atoms with E-state index in [1.807, 2.05) is 22.7 Å². The molecule has 0 unspecified atom stereocenters. The van der Waals surface area contributed by atoms with Crippen molar-refractivity contribution in [1.82, 2.24) is 14.4 Å². The number of benzene rings is 2. The van der Waals surface area contributed by atoms with Crippen LogP contribution in [0.1, 0.15) is 36.7 Å². The number of nitrogens with zero attached hydrogens (tertiary/aromatic N) is 3. The number of hydrogen-bond acceptors (Lipinski definition) is 3. The number of rotatable bonds is 2. The minimum absolute atomic E-state index is 0.0777. The predicted molar refractivity (Wildman–Crippen MR) is 102 cm³/mol. The van der Waals surface area contributed by atoms with Gasteiger partial charge in [-0.05, 0) is 29.2 Å². The molecule has 0 aliphatic rings. The molecule has 0 radical (unpaired) electrons. The van der Waals surface area contributed by atoms with Crippen LogP contribution < -0.4 is 0 Å². The smallest absolute Gasteiger partial charge is 0.335 e. The first-order valence-corrected chi connectivity index (χ1v) is 8.45. The van der Waals surface area contributed by atoms with Crippen LogP contribution in [-0.2, 0) is 5.41 Å². The maximum Gasteiger partial charge on any atom is 0.335 e. The molecule has 5 nitrogen and oxygen atoms in total. The van der Waals surface area contributed by atoms with E-state index in [0.29, 0.717) is 5.52 Å². The zero-order chi connectivity index (χ0) is 18.5. The monoisotopic (exact) mass is 345 g/mol. The normalized spacial score (nSPS) is 12.0. The average Bonchev–Trinajstić information content (AvgIpc) is 3.09. The fourth-order valence-electron chi connectivity index (χ4n) is 3.11. The zero-order valence-electron chi connectivity index (χ0n) is 14.9. The van der Waals surface area contributed by atoms with Crippen molar-refractivity contribution >= 4 is 22.6 Å². The van der Waals surface area contributed by atoms with Gasteiger partial charge in [0.2, 0.25) is 0 Å². The van der Waals surface area contributed by atoms with E-state index in [-0.39, 0.29) is 11.0 Å². The maximum atomic E-state index is 11.3. The summed E-state index contributed by atoms with van der Waals surface area (Å²) in [7, 11) is 0. The summed E-state index contributed by atoms with van der Waals surface area (Å²) in [6.07, 6.45) is 3.60. The molecule has 0 fully saturated rings. The molecule has 4 rings (SSSR count). The van der Waals surface area contributed by atoms with Gasteiger partial charge in [-0.3, -0.25) is 4.40 Å². The highest BCUT2D eigenvalue weighted by atomic mass is 16.4. The predicted octanol–water partition coefficient (Wildman–Crippen LogP) is 4.55. The van der Waals surface area contributed by atoms with E-state index in [0.717, 1.165) is 22.4 Å². The summed E-state index contributed by atoms with van der Waals surface area (Å²) in [6, 6.07) is 13.3. The molecule has 0 spiro atoms. The van der Waals surface area contributed by atoms with Gasteiger partial charge in [-0.25, -0.2) is 14.8 Å². The fraction of sp³-hybridized carbons (Fsp3) is 0.190. The summed E-state index contributed by atoms with van der Waals surface area (Å²) in [5.41, 5.74) is 5.45. The molecule has 1 N–H and O–H groups in total. The van der Waals surface area contributed by atoms with E-state index in [1.54, 1.807) is 24.4 Å². The second kappa shape index (κ2) is 5.66. The lowest BCUT2D eigenvalue weighted by molar-refractivity contribution is 0.0697. The third-order valence-corrected chi connectivity index (χ3v) is 4.59. The number of fused-ring (bicyclic) bond motifs is 3. The van der Waals surface area contributed by atoms with E-state index in [2.05, 4.69) is 37.9 Å². The third-order valence-electron chi connectivity index (χ3n) is 4.59. The Kier molecular flexibility index (Phi) is 3.54. The molecule has 0 aliphatic carbocycles. The van der Waals surface area contributed by atoms with E-state index >= 15 is 0 Å². The molecule has 130 valence electrons. The Hall–Kier alpha value is -3.21. The molecule has 0 saturated carbocycles. The van der Waals surface area contributed by atoms with Gasteiger partial charge in [0, 0.05) is 18.0 Å². The number of carboxylic acids is 1. The zero-order valence-corrected chi connectivity index (χ0v) is 14.9. The van der Waals surface area contributed by atoms with Crippen molar-refractivity contribution in [2.45, 2.75) is 26.2 Å². The summed E-state index contributed by atoms with van der Waals surface area (Å²) in [5, 5.41) is 9.26. The molecular weight excluding hydrogens is 326 g/mol. The maximum absolute atomic E-state index is 11.3. The largest absolute Gasteiger partial charge is 0.478 e. The summed E-state index contributed by atoms with van der Waals surface area (Å²) in [4.78, 5) is 20.5. The topological polar surface area (TPSA) is 67.5 Å². The Bertz CT molecular complexity index is 1140. The summed E-state index contributed by atoms with van der Waals surface area (Å²) >= 11 is 0. The van der Waals surface area contributed by atoms with Gasteiger partial charge < -0.3 is 5.11 Å². The van der Waals surface area contributed by atoms with Gasteiger partial charge in [0.1, 0.15) is 5.69 Å². The quantitative estimate of drug-likeness (QED) is 0.579. The lowest BCUT2D eigenvalue weighted by Crippen LogP contribution is -2.10. The van der Waals surface area contributed by atoms with Crippen LogP contribution in [0.25, 0.3) is 27.9 Å². The number of hydrogen-bond donors (Lipinski definition) is 1. The molecule has 2 aromatic heterocycles. The van der Waals surface area contributed by atoms with Crippen molar-refractivity contribution in [3.8, 4) is 11.3 Å². The van der Waals surface area contributed by atoms with Gasteiger partial charge in [0.25, 0.3) is 0 Å². The van der Waals surface area contributed by atoms with Gasteiger partial charge in [-0.1, -0.05) is 45.0 Å². The first kappa shape index (κ1) is 16.3. The number of aromatic carboxylic acids is 1. The van der Waals surface area contributed by atoms with Crippen LogP contribution in [0.3, 0.4) is 0 Å². The van der Waals surface area contributed by atoms with E-state index in [4.69, 9.17) is 4.98 Å². The van der Waals surface area contributed by atoms with Crippen molar-refractivity contribution in [2.24, 2.45) is 0 Å². The lowest BCUT2D eigenvalue weighted by atomic mass is 9.86. The van der Waals surface area contributed by atoms with Crippen molar-refractivity contribution in [3.63, 3.8) is 0 Å². The minimum Gasteiger partial charge on any atom is -0.478 e. The van der Waals surface area contributed by atoms with Gasteiger partial charge in [-0.15, -0.1) is 0 Å². The SMILES string of the molecule is CC(C)(C)c1ccc(-c2nc3cc(C(=O)O)ccc3n3ccnc23)cc1. The van der Waals surface area contributed by atoms with Gasteiger partial charge in [0.15, 0.2) is 5.65 Å². The molecule has 0 bridgehead atoms. The summed E-state index contributed by atoms with van der Waals surface area (Å²) < 4.78 is 1.95. The molecule has 0 amide bonds. The highest BCUT2D eigenvalue weighted by Crippen LogP contribution is 2.29. The van der Waals surface area contributed by atoms with Crippen molar-refractivity contribution in [3.05, 3.63) is 66.0 Å². The van der Waals surface area contributed by atoms with Crippen LogP contribution in [0.15, 0.2) is 54.9 Å². The van der Waals surface area contributed by atoms with Crippen LogP contribution in [-0.4, -0.2) is 25.4 Å². The third kappa shape index (κ3) is 2.62. The van der Waals surface area contributed by atoms with Crippen molar-refractivity contribution < 1.29 is 9.90 Å². The van der Waals surface area contributed by atoms with Crippen LogP contribution >= 0.6 is 0 Å². The second-order valence-electron chi connectivity index (χ2n) is 7.42. The molecule has 4 aromatic rings. The Morgan fingerprint density at radius 3 is 2.46 bits per heavy atom. The molecule has 0 aliphatic heterocycles. The fourth-order valence-corrected chi connectivity index (χ4v) is 3.11. The first-order chi connectivity index (χ1) is 12.3. The van der Waals surface area contributed by atoms with E-state index in [9.17, 15) is 9.90 Å². The second-order valence-corrected chi connectivity index (χ2v) is 7.42. The van der Waals surface area contributed by atoms with Gasteiger partial charge >= 0.3 is 5.97 Å². The molecular formula is C21H19N3O2. The van der Waals surface area contributed by atoms with Gasteiger partial charge in [0.05, 0.1) is 16.6 Å². The molecule has 5 heteroatoms. The molecule has 2 heterocycles. The first-order valence-electron chi connectivity index (χ1n) is 8.45. The Balaban J connectivity index is 1.95. The van der Waals surface area contributed by atoms with Gasteiger partial charge in [-0.2, -0.15) is 0 Å². The van der Waals surface area contributed by atoms with Crippen molar-refractivity contribution in [2.75, 3.05) is 0 Å². The van der Waals surface area contributed by atoms with E-state index < -0.39 is 5.97 Å². The molecule has 0 saturated heterocycles. The molecule has 2 aromatic carbocycles. The number of aromatic nitrogens is 3. The highest BCUT2D eigenvalue weighted by Gasteiger charge is 2.16. The van der Waals surface area contributed by atoms with Crippen LogP contribution in [0, 0.1) is 0 Å². The summed E-state index contributed by atoms with van der Waals surface area (Å²) in [5.74, 6) is -0.962. The van der Waals surface area contributed by atoms with Crippen LogP contribution in [0.4, 0.5) is 0 Å². The average molecular weight is 345 g/mol.